The van der Waals surface area contributed by atoms with E-state index in [2.05, 4.69) is 0 Å². The van der Waals surface area contributed by atoms with Crippen molar-refractivity contribution in [1.29, 1.82) is 0 Å². The molecule has 1 N–H and O–H groups in total. The quantitative estimate of drug-likeness (QED) is 0.719. The van der Waals surface area contributed by atoms with E-state index in [1.807, 2.05) is 25.1 Å². The van der Waals surface area contributed by atoms with E-state index >= 15 is 0 Å². The Kier molecular flexibility index (Phi) is 1.65. The molecule has 1 aromatic heterocycles. The van der Waals surface area contributed by atoms with Crippen LogP contribution in [0.3, 0.4) is 0 Å². The molecule has 0 bridgehead atoms. The molecule has 0 radical (unpaired) electrons. The molecule has 0 aliphatic rings. The summed E-state index contributed by atoms with van der Waals surface area (Å²) in [5.74, 6) is 0.128. The van der Waals surface area contributed by atoms with Gasteiger partial charge in [0.05, 0.1) is 5.52 Å². The van der Waals surface area contributed by atoms with E-state index < -0.39 is 0 Å². The molecular formula is C10H11NO2. The molecule has 0 aliphatic carbocycles. The summed E-state index contributed by atoms with van der Waals surface area (Å²) in [6.45, 7) is 2.00. The molecule has 0 amide bonds. The number of nitrogens with zero attached hydrogens (tertiary/aromatic N) is 1. The van der Waals surface area contributed by atoms with Crippen LogP contribution < -0.4 is 4.84 Å². The van der Waals surface area contributed by atoms with Crippen LogP contribution in [0, 0.1) is 6.92 Å². The molecule has 0 saturated carbocycles. The average molecular weight is 177 g/mol. The fourth-order valence-electron chi connectivity index (χ4n) is 1.46. The first-order valence-corrected chi connectivity index (χ1v) is 4.08. The number of fused-ring (bicyclic) bond motifs is 1. The maximum atomic E-state index is 9.46. The summed E-state index contributed by atoms with van der Waals surface area (Å²) >= 11 is 0. The fraction of sp³-hybridized carbons (Fsp3) is 0.200. The van der Waals surface area contributed by atoms with Crippen molar-refractivity contribution in [3.63, 3.8) is 0 Å². The lowest BCUT2D eigenvalue weighted by atomic mass is 10.2. The highest BCUT2D eigenvalue weighted by Crippen LogP contribution is 2.23. The molecule has 0 saturated heterocycles. The van der Waals surface area contributed by atoms with E-state index in [4.69, 9.17) is 4.84 Å². The van der Waals surface area contributed by atoms with Crippen LogP contribution in [0.2, 0.25) is 0 Å². The van der Waals surface area contributed by atoms with Crippen LogP contribution in [0.1, 0.15) is 5.56 Å². The zero-order valence-electron chi connectivity index (χ0n) is 7.61. The van der Waals surface area contributed by atoms with Gasteiger partial charge in [-0.25, -0.2) is 0 Å². The minimum absolute atomic E-state index is 0.128. The first kappa shape index (κ1) is 7.98. The lowest BCUT2D eigenvalue weighted by Gasteiger charge is -2.03. The maximum absolute atomic E-state index is 9.46. The minimum atomic E-state index is 0.128. The highest BCUT2D eigenvalue weighted by atomic mass is 16.7. The molecule has 1 aromatic carbocycles. The molecule has 0 atom stereocenters. The molecule has 2 rings (SSSR count). The molecule has 1 heterocycles. The Balaban J connectivity index is 2.80. The molecule has 0 fully saturated rings. The fourth-order valence-corrected chi connectivity index (χ4v) is 1.46. The van der Waals surface area contributed by atoms with Gasteiger partial charge in [-0.2, -0.15) is 0 Å². The Labute approximate surface area is 76.1 Å². The minimum Gasteiger partial charge on any atom is -0.492 e. The monoisotopic (exact) mass is 177 g/mol. The summed E-state index contributed by atoms with van der Waals surface area (Å²) in [5, 5.41) is 10.4. The van der Waals surface area contributed by atoms with Crippen LogP contribution in [-0.4, -0.2) is 16.9 Å². The highest BCUT2D eigenvalue weighted by Gasteiger charge is 2.06. The van der Waals surface area contributed by atoms with Crippen molar-refractivity contribution < 1.29 is 9.94 Å². The number of aryl methyl sites for hydroxylation is 1. The molecule has 0 unspecified atom stereocenters. The predicted octanol–water partition coefficient (Wildman–Crippen LogP) is 1.71. The third-order valence-corrected chi connectivity index (χ3v) is 2.08. The van der Waals surface area contributed by atoms with Crippen LogP contribution in [0.25, 0.3) is 10.9 Å². The Morgan fingerprint density at radius 2 is 2.08 bits per heavy atom. The summed E-state index contributed by atoms with van der Waals surface area (Å²) in [4.78, 5) is 5.02. The van der Waals surface area contributed by atoms with Crippen molar-refractivity contribution in [3.05, 3.63) is 29.8 Å². The Hall–Kier alpha value is -1.64. The number of hydrogen-bond acceptors (Lipinski definition) is 2. The normalized spacial score (nSPS) is 10.6. The topological polar surface area (TPSA) is 34.4 Å². The molecule has 0 aliphatic heterocycles. The summed E-state index contributed by atoms with van der Waals surface area (Å²) < 4.78 is 1.41. The molecule has 0 spiro atoms. The van der Waals surface area contributed by atoms with Gasteiger partial charge in [-0.1, -0.05) is 12.1 Å². The second-order valence-electron chi connectivity index (χ2n) is 3.04. The van der Waals surface area contributed by atoms with Gasteiger partial charge in [0, 0.05) is 11.5 Å². The predicted molar refractivity (Wildman–Crippen MR) is 50.8 cm³/mol. The van der Waals surface area contributed by atoms with E-state index in [-0.39, 0.29) is 5.88 Å². The molecule has 3 nitrogen and oxygen atoms in total. The second kappa shape index (κ2) is 2.69. The van der Waals surface area contributed by atoms with E-state index in [1.165, 1.54) is 11.8 Å². The van der Waals surface area contributed by atoms with Gasteiger partial charge in [-0.05, 0) is 18.6 Å². The van der Waals surface area contributed by atoms with Crippen LogP contribution in [0.5, 0.6) is 5.88 Å². The van der Waals surface area contributed by atoms with Gasteiger partial charge in [-0.15, -0.1) is 4.73 Å². The maximum Gasteiger partial charge on any atom is 0.226 e. The van der Waals surface area contributed by atoms with Crippen molar-refractivity contribution >= 4 is 10.9 Å². The number of benzene rings is 1. The van der Waals surface area contributed by atoms with Crippen LogP contribution in [-0.2, 0) is 0 Å². The zero-order valence-corrected chi connectivity index (χ0v) is 7.61. The standard InChI is InChI=1S/C10H11NO2/c1-7-3-4-8-6-10(12)11(13-2)9(8)5-7/h3-6,12H,1-2H3. The SMILES string of the molecule is COn1c(O)cc2ccc(C)cc21. The number of rotatable bonds is 1. The van der Waals surface area contributed by atoms with Gasteiger partial charge in [0.15, 0.2) is 0 Å². The zero-order chi connectivity index (χ0) is 9.42. The van der Waals surface area contributed by atoms with Crippen molar-refractivity contribution in [1.82, 2.24) is 4.73 Å². The van der Waals surface area contributed by atoms with E-state index in [0.717, 1.165) is 16.5 Å². The van der Waals surface area contributed by atoms with E-state index in [9.17, 15) is 5.11 Å². The smallest absolute Gasteiger partial charge is 0.226 e. The second-order valence-corrected chi connectivity index (χ2v) is 3.04. The van der Waals surface area contributed by atoms with Gasteiger partial charge in [0.2, 0.25) is 5.88 Å². The molecule has 3 heteroatoms. The summed E-state index contributed by atoms with van der Waals surface area (Å²) in [6, 6.07) is 7.61. The Morgan fingerprint density at radius 1 is 1.31 bits per heavy atom. The van der Waals surface area contributed by atoms with Crippen LogP contribution >= 0.6 is 0 Å². The van der Waals surface area contributed by atoms with Gasteiger partial charge >= 0.3 is 0 Å². The van der Waals surface area contributed by atoms with Gasteiger partial charge in [0.25, 0.3) is 0 Å². The van der Waals surface area contributed by atoms with Gasteiger partial charge in [-0.3, -0.25) is 0 Å². The van der Waals surface area contributed by atoms with Crippen LogP contribution in [0.4, 0.5) is 0 Å². The first-order valence-electron chi connectivity index (χ1n) is 4.08. The first-order chi connectivity index (χ1) is 6.22. The third-order valence-electron chi connectivity index (χ3n) is 2.08. The van der Waals surface area contributed by atoms with E-state index in [0.29, 0.717) is 0 Å². The highest BCUT2D eigenvalue weighted by molar-refractivity contribution is 5.82. The molecule has 2 aromatic rings. The summed E-state index contributed by atoms with van der Waals surface area (Å²) in [7, 11) is 1.53. The number of hydrogen-bond donors (Lipinski definition) is 1. The van der Waals surface area contributed by atoms with Crippen molar-refractivity contribution in [3.8, 4) is 5.88 Å². The molecule has 13 heavy (non-hydrogen) atoms. The summed E-state index contributed by atoms with van der Waals surface area (Å²) in [5.41, 5.74) is 2.03. The number of aromatic nitrogens is 1. The lowest BCUT2D eigenvalue weighted by molar-refractivity contribution is 0.152. The Bertz CT molecular complexity index is 445. The Morgan fingerprint density at radius 3 is 2.77 bits per heavy atom. The van der Waals surface area contributed by atoms with Crippen molar-refractivity contribution in [2.24, 2.45) is 0 Å². The van der Waals surface area contributed by atoms with Gasteiger partial charge < -0.3 is 9.94 Å². The average Bonchev–Trinajstić information content (AvgIpc) is 2.40. The van der Waals surface area contributed by atoms with Crippen LogP contribution in [0.15, 0.2) is 24.3 Å². The largest absolute Gasteiger partial charge is 0.492 e. The molecular weight excluding hydrogens is 166 g/mol. The van der Waals surface area contributed by atoms with Gasteiger partial charge in [0.1, 0.15) is 7.11 Å². The number of aromatic hydroxyl groups is 1. The van der Waals surface area contributed by atoms with Crippen molar-refractivity contribution in [2.75, 3.05) is 7.11 Å². The third kappa shape index (κ3) is 1.13. The van der Waals surface area contributed by atoms with Crippen molar-refractivity contribution in [2.45, 2.75) is 6.92 Å². The molecule has 68 valence electrons. The summed E-state index contributed by atoms with van der Waals surface area (Å²) in [6.07, 6.45) is 0. The van der Waals surface area contributed by atoms with E-state index in [1.54, 1.807) is 6.07 Å². The lowest BCUT2D eigenvalue weighted by Crippen LogP contribution is -2.03.